The van der Waals surface area contributed by atoms with Crippen LogP contribution in [0.25, 0.3) is 0 Å². The van der Waals surface area contributed by atoms with Gasteiger partial charge in [0.2, 0.25) is 23.6 Å². The van der Waals surface area contributed by atoms with Gasteiger partial charge >= 0.3 is 33.3 Å². The highest BCUT2D eigenvalue weighted by atomic mass is 31.3. The highest BCUT2D eigenvalue weighted by Crippen LogP contribution is 2.61. The number of hydrogen-bond donors (Lipinski definition) is 14. The van der Waals surface area contributed by atoms with Gasteiger partial charge in [-0.05, 0) is 39.5 Å². The lowest BCUT2D eigenvalue weighted by atomic mass is 9.96. The molecule has 380 valence electrons. The van der Waals surface area contributed by atoms with Crippen molar-refractivity contribution in [3.05, 3.63) is 33.1 Å². The number of aliphatic hydroxyl groups is 4. The number of nitrogens with zero attached hydrogens (tertiary/aromatic N) is 1. The second kappa shape index (κ2) is 25.2. The van der Waals surface area contributed by atoms with E-state index in [2.05, 4.69) is 30.1 Å². The van der Waals surface area contributed by atoms with Crippen LogP contribution in [-0.4, -0.2) is 178 Å². The number of carbonyl (C=O) groups is 6. The number of aliphatic carboxylic acids is 2. The summed E-state index contributed by atoms with van der Waals surface area (Å²) in [6, 6.07) is -5.12. The Morgan fingerprint density at radius 2 is 1.58 bits per heavy atom. The van der Waals surface area contributed by atoms with Gasteiger partial charge in [0.25, 0.3) is 5.56 Å². The zero-order valence-corrected chi connectivity index (χ0v) is 37.6. The number of ether oxygens (including phenoxy) is 3. The number of nitrogens with two attached hydrogens (primary N) is 1. The lowest BCUT2D eigenvalue weighted by Gasteiger charge is -2.44. The molecule has 67 heavy (non-hydrogen) atoms. The van der Waals surface area contributed by atoms with Crippen LogP contribution in [-0.2, 0) is 65.5 Å². The molecule has 0 aliphatic carbocycles. The van der Waals surface area contributed by atoms with Gasteiger partial charge in [-0.25, -0.2) is 18.7 Å². The summed E-state index contributed by atoms with van der Waals surface area (Å²) in [5.41, 5.74) is 3.56. The third-order valence-corrected chi connectivity index (χ3v) is 12.5. The molecule has 2 aliphatic heterocycles. The topological polar surface area (TPSA) is 483 Å². The van der Waals surface area contributed by atoms with Crippen LogP contribution in [0.2, 0.25) is 0 Å². The fourth-order valence-corrected chi connectivity index (χ4v) is 8.52. The Hall–Kier alpha value is -4.56. The van der Waals surface area contributed by atoms with Crippen molar-refractivity contribution in [1.82, 2.24) is 30.8 Å². The van der Waals surface area contributed by atoms with Gasteiger partial charge in [-0.15, -0.1) is 0 Å². The Morgan fingerprint density at radius 1 is 0.910 bits per heavy atom. The lowest BCUT2D eigenvalue weighted by molar-refractivity contribution is -0.261. The van der Waals surface area contributed by atoms with Gasteiger partial charge in [0.15, 0.2) is 12.5 Å². The van der Waals surface area contributed by atoms with Crippen LogP contribution in [0.15, 0.2) is 21.9 Å². The van der Waals surface area contributed by atoms with Crippen molar-refractivity contribution in [3.63, 3.8) is 0 Å². The third-order valence-electron chi connectivity index (χ3n) is 9.87. The average molecular weight is 1010 g/mol. The van der Waals surface area contributed by atoms with Crippen molar-refractivity contribution in [1.29, 1.82) is 0 Å². The van der Waals surface area contributed by atoms with Crippen molar-refractivity contribution >= 4 is 51.2 Å². The van der Waals surface area contributed by atoms with Crippen LogP contribution in [0.4, 0.5) is 0 Å². The molecule has 0 spiro atoms. The first-order chi connectivity index (χ1) is 31.2. The minimum Gasteiger partial charge on any atom is -0.480 e. The molecule has 2 fully saturated rings. The summed E-state index contributed by atoms with van der Waals surface area (Å²) in [6.07, 6.45) is -15.5. The molecular weight excluding hydrogens is 952 g/mol. The number of nitrogens with one attached hydrogen (secondary N) is 5. The molecule has 15 N–H and O–H groups in total. The minimum atomic E-state index is -5.91. The molecule has 0 radical (unpaired) electrons. The highest BCUT2D eigenvalue weighted by Gasteiger charge is 2.52. The first-order valence-corrected chi connectivity index (χ1v) is 23.1. The Balaban J connectivity index is 1.62. The fraction of sp³-hybridized carbons (Fsp3) is 0.706. The van der Waals surface area contributed by atoms with Gasteiger partial charge in [-0.2, -0.15) is 4.31 Å². The summed E-state index contributed by atoms with van der Waals surface area (Å²) in [5, 5.41) is 69.3. The van der Waals surface area contributed by atoms with Crippen molar-refractivity contribution in [2.45, 2.75) is 132 Å². The van der Waals surface area contributed by atoms with E-state index in [-0.39, 0.29) is 25.8 Å². The van der Waals surface area contributed by atoms with Crippen LogP contribution < -0.4 is 38.2 Å². The molecule has 0 bridgehead atoms. The predicted molar refractivity (Wildman–Crippen MR) is 218 cm³/mol. The van der Waals surface area contributed by atoms with E-state index in [0.29, 0.717) is 17.4 Å². The molecule has 15 atom stereocenters. The number of unbranched alkanes of at least 4 members (excludes halogenated alkanes) is 1. The van der Waals surface area contributed by atoms with E-state index in [1.807, 2.05) is 4.98 Å². The van der Waals surface area contributed by atoms with Crippen LogP contribution in [0.5, 0.6) is 0 Å². The zero-order chi connectivity index (χ0) is 50.6. The maximum atomic E-state index is 13.2. The summed E-state index contributed by atoms with van der Waals surface area (Å²) in [7, 11) is -11.6. The lowest BCUT2D eigenvalue weighted by Crippen LogP contribution is -2.66. The molecule has 0 aromatic carbocycles. The second-order valence-electron chi connectivity index (χ2n) is 15.1. The third kappa shape index (κ3) is 17.2. The van der Waals surface area contributed by atoms with Crippen molar-refractivity contribution in [2.75, 3.05) is 19.8 Å². The number of amides is 4. The highest BCUT2D eigenvalue weighted by molar-refractivity contribution is 7.61. The van der Waals surface area contributed by atoms with E-state index < -0.39 is 155 Å². The summed E-state index contributed by atoms with van der Waals surface area (Å²) in [5.74, 6) is -6.30. The number of carboxylic acid groups (broad SMARTS) is 2. The van der Waals surface area contributed by atoms with Crippen molar-refractivity contribution in [3.8, 4) is 0 Å². The van der Waals surface area contributed by atoms with Crippen LogP contribution in [0.3, 0.4) is 0 Å². The predicted octanol–water partition coefficient (Wildman–Crippen LogP) is -5.68. The van der Waals surface area contributed by atoms with Gasteiger partial charge in [-0.1, -0.05) is 0 Å². The summed E-state index contributed by atoms with van der Waals surface area (Å²) < 4.78 is 56.8. The molecular formula is C34H55N7O24P2. The summed E-state index contributed by atoms with van der Waals surface area (Å²) in [6.45, 7) is 1.11. The first kappa shape index (κ1) is 56.8. The van der Waals surface area contributed by atoms with E-state index in [1.54, 1.807) is 0 Å². The number of hydrogen-bond acceptors (Lipinski definition) is 21. The number of H-pyrrole nitrogens is 1. The van der Waals surface area contributed by atoms with Crippen LogP contribution in [0.1, 0.15) is 59.1 Å². The van der Waals surface area contributed by atoms with Crippen molar-refractivity contribution in [2.24, 2.45) is 5.73 Å². The normalized spacial score (nSPS) is 27.5. The monoisotopic (exact) mass is 1010 g/mol. The van der Waals surface area contributed by atoms with Gasteiger partial charge in [0, 0.05) is 32.2 Å². The standard InChI is InChI=1S/C34H55N7O24P2/c1-14(28(49)39-18(32(53)54)7-8-21(44)36-10-5-4-6-17(35)31(51)52)37-29(50)15(2)61-27-23(38-16(3)43)33(63-19(12-42)25(27)47)64-67(58,59)65-66(56,57)60-13-20-24(46)26(48)30(62-20)41-11-9-22(45)40-34(41)55/h9,11,14-15,17-20,23-27,30,33,42,46-48H,4-8,10,12-13,35H2,1-3H3,(H,36,44)(H,37,50)(H,38,43)(H,39,49)(H,51,52)(H,53,54)(H,56,57)(H,58,59)(H,40,45,55)/t14-,15+,17+,18+,19+,20+,23+,24+,25+,26+,27+,30+,33+/m0/s1. The number of phosphoric ester groups is 2. The minimum absolute atomic E-state index is 0.150. The maximum absolute atomic E-state index is 13.2. The largest absolute Gasteiger partial charge is 0.483 e. The molecule has 2 aliphatic rings. The Labute approximate surface area is 378 Å². The smallest absolute Gasteiger partial charge is 0.480 e. The number of carboxylic acids is 2. The molecule has 2 saturated heterocycles. The molecule has 3 rings (SSSR count). The molecule has 33 heteroatoms. The van der Waals surface area contributed by atoms with Crippen molar-refractivity contribution < 1.29 is 106 Å². The first-order valence-electron chi connectivity index (χ1n) is 20.1. The average Bonchev–Trinajstić information content (AvgIpc) is 3.51. The molecule has 1 aromatic heterocycles. The summed E-state index contributed by atoms with van der Waals surface area (Å²) in [4.78, 5) is 120. The number of rotatable bonds is 26. The van der Waals surface area contributed by atoms with E-state index in [4.69, 9.17) is 29.6 Å². The van der Waals surface area contributed by atoms with E-state index in [1.165, 1.54) is 0 Å². The molecule has 0 saturated carbocycles. The number of aromatic amines is 1. The van der Waals surface area contributed by atoms with Crippen LogP contribution in [0, 0.1) is 0 Å². The van der Waals surface area contributed by atoms with Gasteiger partial charge in [-0.3, -0.25) is 47.4 Å². The molecule has 2 unspecified atom stereocenters. The Kier molecular flexibility index (Phi) is 21.3. The van der Waals surface area contributed by atoms with E-state index in [0.717, 1.165) is 33.0 Å². The number of carbonyl (C=O) groups excluding carboxylic acids is 4. The summed E-state index contributed by atoms with van der Waals surface area (Å²) >= 11 is 0. The SMILES string of the molecule is CC(=O)N[C@H]1[C@@H](OP(=O)(O)OP(=O)(O)OC[C@H]2O[C@@H](n3ccc(=O)[nH]c3=O)[C@H](O)[C@@H]2O)O[C@H](CO)[C@@H](O)[C@@H]1O[C@H](C)C(=O)N[C@@H](C)C(=O)N[C@H](CCC(=O)NCCCC[C@@H](N)C(=O)O)C(=O)O. The van der Waals surface area contributed by atoms with E-state index >= 15 is 0 Å². The second-order valence-corrected chi connectivity index (χ2v) is 18.1. The van der Waals surface area contributed by atoms with E-state index in [9.17, 15) is 82.8 Å². The molecule has 4 amide bonds. The van der Waals surface area contributed by atoms with Crippen LogP contribution >= 0.6 is 15.6 Å². The fourth-order valence-electron chi connectivity index (χ4n) is 6.36. The van der Waals surface area contributed by atoms with Gasteiger partial charge in [0.1, 0.15) is 66.9 Å². The molecule has 31 nitrogen and oxygen atoms in total. The quantitative estimate of drug-likeness (QED) is 0.0304. The number of aromatic nitrogens is 2. The number of phosphoric acid groups is 2. The van der Waals surface area contributed by atoms with Gasteiger partial charge in [0.05, 0.1) is 13.2 Å². The maximum Gasteiger partial charge on any atom is 0.483 e. The number of aliphatic hydroxyl groups excluding tert-OH is 4. The Morgan fingerprint density at radius 3 is 2.18 bits per heavy atom. The molecule has 3 heterocycles. The van der Waals surface area contributed by atoms with Gasteiger partial charge < -0.3 is 81.6 Å². The molecule has 1 aromatic rings. The zero-order valence-electron chi connectivity index (χ0n) is 35.8. The Bertz CT molecular complexity index is 2130.